The number of hydrogen-bond donors (Lipinski definition) is 4. The SMILES string of the molecule is O=c1oc2cc(/C=C/c3ccc(O)c(O)c3)oc(=O)c2c2cc(O)c(O)cc12. The fourth-order valence-corrected chi connectivity index (χ4v) is 2.82. The summed E-state index contributed by atoms with van der Waals surface area (Å²) in [5.41, 5.74) is -1.11. The Kier molecular flexibility index (Phi) is 3.82. The van der Waals surface area contributed by atoms with Crippen molar-refractivity contribution in [2.75, 3.05) is 0 Å². The zero-order valence-corrected chi connectivity index (χ0v) is 14.0. The van der Waals surface area contributed by atoms with Crippen LogP contribution in [-0.4, -0.2) is 20.4 Å². The summed E-state index contributed by atoms with van der Waals surface area (Å²) in [4.78, 5) is 24.6. The van der Waals surface area contributed by atoms with Crippen molar-refractivity contribution in [1.82, 2.24) is 0 Å². The molecule has 0 saturated carbocycles. The average Bonchev–Trinajstić information content (AvgIpc) is 2.64. The molecule has 2 heterocycles. The lowest BCUT2D eigenvalue weighted by molar-refractivity contribution is 0.403. The van der Waals surface area contributed by atoms with Gasteiger partial charge in [0.25, 0.3) is 0 Å². The minimum Gasteiger partial charge on any atom is -0.504 e. The van der Waals surface area contributed by atoms with Crippen molar-refractivity contribution in [3.05, 3.63) is 68.6 Å². The first kappa shape index (κ1) is 17.2. The van der Waals surface area contributed by atoms with E-state index in [1.807, 2.05) is 0 Å². The number of fused-ring (bicyclic) bond motifs is 3. The molecule has 140 valence electrons. The molecule has 8 heteroatoms. The zero-order valence-electron chi connectivity index (χ0n) is 14.0. The van der Waals surface area contributed by atoms with Gasteiger partial charge in [-0.3, -0.25) is 0 Å². The third-order valence-electron chi connectivity index (χ3n) is 4.18. The molecule has 0 fully saturated rings. The van der Waals surface area contributed by atoms with Crippen molar-refractivity contribution in [1.29, 1.82) is 0 Å². The lowest BCUT2D eigenvalue weighted by atomic mass is 10.1. The van der Waals surface area contributed by atoms with E-state index >= 15 is 0 Å². The van der Waals surface area contributed by atoms with Gasteiger partial charge in [0.05, 0.1) is 5.39 Å². The first-order valence-corrected chi connectivity index (χ1v) is 8.00. The van der Waals surface area contributed by atoms with Crippen molar-refractivity contribution in [3.8, 4) is 23.0 Å². The predicted molar refractivity (Wildman–Crippen MR) is 101 cm³/mol. The van der Waals surface area contributed by atoms with Crippen LogP contribution in [0.4, 0.5) is 0 Å². The fraction of sp³-hybridized carbons (Fsp3) is 0. The molecular formula is C20H12O8. The molecule has 0 unspecified atom stereocenters. The van der Waals surface area contributed by atoms with Crippen molar-refractivity contribution in [2.24, 2.45) is 0 Å². The van der Waals surface area contributed by atoms with E-state index in [9.17, 15) is 30.0 Å². The van der Waals surface area contributed by atoms with Crippen LogP contribution in [0.3, 0.4) is 0 Å². The van der Waals surface area contributed by atoms with Gasteiger partial charge >= 0.3 is 11.3 Å². The van der Waals surface area contributed by atoms with Crippen LogP contribution in [0.1, 0.15) is 11.3 Å². The molecule has 0 aliphatic rings. The van der Waals surface area contributed by atoms with Gasteiger partial charge in [0, 0.05) is 11.5 Å². The van der Waals surface area contributed by atoms with E-state index in [2.05, 4.69) is 0 Å². The average molecular weight is 380 g/mol. The second kappa shape index (κ2) is 6.20. The quantitative estimate of drug-likeness (QED) is 0.307. The van der Waals surface area contributed by atoms with Crippen LogP contribution in [-0.2, 0) is 0 Å². The van der Waals surface area contributed by atoms with Gasteiger partial charge in [-0.1, -0.05) is 12.1 Å². The highest BCUT2D eigenvalue weighted by atomic mass is 16.4. The van der Waals surface area contributed by atoms with E-state index in [0.29, 0.717) is 5.56 Å². The number of rotatable bonds is 2. The molecule has 4 aromatic rings. The van der Waals surface area contributed by atoms with Gasteiger partial charge in [0.15, 0.2) is 23.0 Å². The number of benzene rings is 2. The van der Waals surface area contributed by atoms with Crippen LogP contribution in [0.2, 0.25) is 0 Å². The molecule has 0 bridgehead atoms. The van der Waals surface area contributed by atoms with Gasteiger partial charge in [-0.25, -0.2) is 9.59 Å². The zero-order chi connectivity index (χ0) is 20.0. The summed E-state index contributed by atoms with van der Waals surface area (Å²) in [6.07, 6.45) is 2.94. The lowest BCUT2D eigenvalue weighted by Gasteiger charge is -2.04. The highest BCUT2D eigenvalue weighted by molar-refractivity contribution is 6.05. The highest BCUT2D eigenvalue weighted by Gasteiger charge is 2.15. The topological polar surface area (TPSA) is 141 Å². The first-order chi connectivity index (χ1) is 13.3. The van der Waals surface area contributed by atoms with Crippen molar-refractivity contribution in [3.63, 3.8) is 0 Å². The third-order valence-corrected chi connectivity index (χ3v) is 4.18. The maximum atomic E-state index is 12.5. The summed E-state index contributed by atoms with van der Waals surface area (Å²) in [6.45, 7) is 0. The maximum absolute atomic E-state index is 12.5. The van der Waals surface area contributed by atoms with Gasteiger partial charge in [0.2, 0.25) is 0 Å². The molecule has 0 aliphatic heterocycles. The van der Waals surface area contributed by atoms with Gasteiger partial charge in [0.1, 0.15) is 16.7 Å². The Morgan fingerprint density at radius 1 is 0.679 bits per heavy atom. The molecule has 8 nitrogen and oxygen atoms in total. The third kappa shape index (κ3) is 2.82. The van der Waals surface area contributed by atoms with Crippen LogP contribution in [0.25, 0.3) is 33.9 Å². The Hall–Kier alpha value is -4.20. The molecule has 2 aromatic heterocycles. The van der Waals surface area contributed by atoms with Crippen molar-refractivity contribution in [2.45, 2.75) is 0 Å². The molecule has 0 atom stereocenters. The highest BCUT2D eigenvalue weighted by Crippen LogP contribution is 2.32. The molecule has 4 rings (SSSR count). The summed E-state index contributed by atoms with van der Waals surface area (Å²) in [5, 5.41) is 38.1. The van der Waals surface area contributed by atoms with Crippen LogP contribution in [0.5, 0.6) is 23.0 Å². The van der Waals surface area contributed by atoms with Gasteiger partial charge in [-0.15, -0.1) is 0 Å². The lowest BCUT2D eigenvalue weighted by Crippen LogP contribution is -2.07. The fourth-order valence-electron chi connectivity index (χ4n) is 2.82. The number of phenols is 4. The van der Waals surface area contributed by atoms with Crippen LogP contribution < -0.4 is 11.3 Å². The normalized spacial score (nSPS) is 11.6. The van der Waals surface area contributed by atoms with Crippen molar-refractivity contribution < 1.29 is 29.3 Å². The molecule has 0 aliphatic carbocycles. The molecule has 0 amide bonds. The van der Waals surface area contributed by atoms with E-state index in [4.69, 9.17) is 8.83 Å². The largest absolute Gasteiger partial charge is 0.504 e. The van der Waals surface area contributed by atoms with Gasteiger partial charge in [-0.2, -0.15) is 0 Å². The summed E-state index contributed by atoms with van der Waals surface area (Å²) in [6, 6.07) is 7.59. The minimum atomic E-state index is -0.801. The molecule has 0 spiro atoms. The monoisotopic (exact) mass is 380 g/mol. The summed E-state index contributed by atoms with van der Waals surface area (Å²) in [5.74, 6) is -1.49. The standard InChI is InChI=1S/C20H12O8/c21-13-4-2-9(5-14(13)22)1-3-10-6-17-18(20(26)27-10)11-7-15(23)16(24)8-12(11)19(25)28-17/h1-8,21-24H/b3-1+. The van der Waals surface area contributed by atoms with Gasteiger partial charge in [-0.05, 0) is 35.9 Å². The number of hydrogen-bond acceptors (Lipinski definition) is 8. The Bertz CT molecular complexity index is 1390. The molecular weight excluding hydrogens is 368 g/mol. The van der Waals surface area contributed by atoms with Gasteiger partial charge < -0.3 is 29.3 Å². The summed E-state index contributed by atoms with van der Waals surface area (Å²) >= 11 is 0. The molecule has 2 aromatic carbocycles. The first-order valence-electron chi connectivity index (χ1n) is 8.00. The van der Waals surface area contributed by atoms with Crippen molar-refractivity contribution >= 4 is 33.9 Å². The van der Waals surface area contributed by atoms with E-state index in [0.717, 1.165) is 12.1 Å². The maximum Gasteiger partial charge on any atom is 0.348 e. The summed E-state index contributed by atoms with van der Waals surface area (Å²) < 4.78 is 10.4. The number of phenolic OH excluding ortho intramolecular Hbond substituents is 4. The second-order valence-corrected chi connectivity index (χ2v) is 6.03. The van der Waals surface area contributed by atoms with Crippen LogP contribution >= 0.6 is 0 Å². The van der Waals surface area contributed by atoms with E-state index in [1.54, 1.807) is 0 Å². The number of aromatic hydroxyl groups is 4. The van der Waals surface area contributed by atoms with E-state index < -0.39 is 22.8 Å². The Labute approximate surface area is 155 Å². The van der Waals surface area contributed by atoms with Crippen LogP contribution in [0.15, 0.2) is 54.8 Å². The second-order valence-electron chi connectivity index (χ2n) is 6.03. The molecule has 0 saturated heterocycles. The molecule has 0 radical (unpaired) electrons. The Morgan fingerprint density at radius 3 is 2.07 bits per heavy atom. The minimum absolute atomic E-state index is 0.0490. The van der Waals surface area contributed by atoms with E-state index in [-0.39, 0.29) is 39.0 Å². The molecule has 28 heavy (non-hydrogen) atoms. The predicted octanol–water partition coefficient (Wildman–Crippen LogP) is 2.89. The smallest absolute Gasteiger partial charge is 0.348 e. The van der Waals surface area contributed by atoms with Crippen LogP contribution in [0, 0.1) is 0 Å². The Balaban J connectivity index is 1.89. The Morgan fingerprint density at radius 2 is 1.36 bits per heavy atom. The summed E-state index contributed by atoms with van der Waals surface area (Å²) in [7, 11) is 0. The van der Waals surface area contributed by atoms with E-state index in [1.165, 1.54) is 36.4 Å². The molecule has 4 N–H and O–H groups in total.